The molecule has 0 aliphatic carbocycles. The minimum absolute atomic E-state index is 0.532. The molecule has 0 aliphatic heterocycles. The predicted octanol–water partition coefficient (Wildman–Crippen LogP) is 16.8. The smallest absolute Gasteiger partial charge is 0.167 e. The highest BCUT2D eigenvalue weighted by Gasteiger charge is 2.23. The van der Waals surface area contributed by atoms with E-state index in [1.54, 1.807) is 0 Å². The van der Waals surface area contributed by atoms with Gasteiger partial charge in [0.2, 0.25) is 0 Å². The number of para-hydroxylation sites is 1. The quantitative estimate of drug-likeness (QED) is 0.165. The van der Waals surface area contributed by atoms with Gasteiger partial charge in [0.25, 0.3) is 0 Å². The van der Waals surface area contributed by atoms with Gasteiger partial charge >= 0.3 is 0 Å². The standard InChI is InChI=1S/C63H36N4O/c1-3-15-41-33-57-53(31-39(41)13-1)54-32-40-14-2-4-16-42(40)34-58(54)67(57)47-35-55-52-19-9-10-20-59(52)68-60(55)56(36-47)63-65-61(45-25-27-50-43(29-45)23-21-37-11-5-7-17-48(37)50)64-62(66-63)46-26-28-51-44(30-46)24-22-38-12-6-8-18-49(38)51/h1-36H. The molecule has 3 heterocycles. The Hall–Kier alpha value is -9.19. The third kappa shape index (κ3) is 5.60. The summed E-state index contributed by atoms with van der Waals surface area (Å²) in [6, 6.07) is 78.3. The van der Waals surface area contributed by atoms with Crippen LogP contribution in [0.15, 0.2) is 223 Å². The van der Waals surface area contributed by atoms with Gasteiger partial charge in [-0.2, -0.15) is 0 Å². The van der Waals surface area contributed by atoms with E-state index in [2.05, 4.69) is 211 Å². The van der Waals surface area contributed by atoms with Crippen molar-refractivity contribution in [1.29, 1.82) is 0 Å². The van der Waals surface area contributed by atoms with Gasteiger partial charge < -0.3 is 8.98 Å². The minimum Gasteiger partial charge on any atom is -0.455 e. The molecule has 68 heavy (non-hydrogen) atoms. The Balaban J connectivity index is 1.02. The zero-order chi connectivity index (χ0) is 44.5. The van der Waals surface area contributed by atoms with Crippen LogP contribution >= 0.6 is 0 Å². The number of hydrogen-bond acceptors (Lipinski definition) is 4. The summed E-state index contributed by atoms with van der Waals surface area (Å²) in [6.45, 7) is 0. The molecule has 0 radical (unpaired) electrons. The van der Waals surface area contributed by atoms with E-state index >= 15 is 0 Å². The van der Waals surface area contributed by atoms with Gasteiger partial charge in [0, 0.05) is 38.4 Å². The van der Waals surface area contributed by atoms with Crippen molar-refractivity contribution in [2.45, 2.75) is 0 Å². The number of benzene rings is 12. The molecular formula is C63H36N4O. The van der Waals surface area contributed by atoms with Crippen molar-refractivity contribution in [1.82, 2.24) is 19.5 Å². The van der Waals surface area contributed by atoms with Crippen LogP contribution in [0.3, 0.4) is 0 Å². The molecule has 3 aromatic heterocycles. The van der Waals surface area contributed by atoms with E-state index in [0.29, 0.717) is 17.5 Å². The molecule has 314 valence electrons. The lowest BCUT2D eigenvalue weighted by molar-refractivity contribution is 0.669. The number of hydrogen-bond donors (Lipinski definition) is 0. The van der Waals surface area contributed by atoms with Crippen LogP contribution < -0.4 is 0 Å². The van der Waals surface area contributed by atoms with E-state index in [-0.39, 0.29) is 0 Å². The Kier molecular flexibility index (Phi) is 7.72. The van der Waals surface area contributed by atoms with E-state index in [4.69, 9.17) is 19.4 Å². The summed E-state index contributed by atoms with van der Waals surface area (Å²) in [5.41, 5.74) is 7.36. The van der Waals surface area contributed by atoms with Crippen molar-refractivity contribution in [3.05, 3.63) is 218 Å². The number of fused-ring (bicyclic) bond motifs is 14. The second-order valence-electron chi connectivity index (χ2n) is 18.0. The maximum atomic E-state index is 6.88. The summed E-state index contributed by atoms with van der Waals surface area (Å²) in [4.78, 5) is 16.2. The topological polar surface area (TPSA) is 56.7 Å². The van der Waals surface area contributed by atoms with Gasteiger partial charge in [-0.05, 0) is 119 Å². The molecular weight excluding hydrogens is 829 g/mol. The SMILES string of the molecule is c1ccc2cc3c(cc2c1)c1cc2ccccc2cc1n3-c1cc(-c2nc(-c3ccc4c(ccc5ccccc54)c3)nc(-c3ccc4c(ccc5ccccc54)c3)n2)c2oc3ccccc3c2c1. The first-order chi connectivity index (χ1) is 33.6. The lowest BCUT2D eigenvalue weighted by Crippen LogP contribution is -2.02. The molecule has 0 amide bonds. The average Bonchev–Trinajstić information content (AvgIpc) is 3.93. The summed E-state index contributed by atoms with van der Waals surface area (Å²) in [5.74, 6) is 1.70. The predicted molar refractivity (Wildman–Crippen MR) is 283 cm³/mol. The summed E-state index contributed by atoms with van der Waals surface area (Å²) in [5, 5.41) is 18.6. The van der Waals surface area contributed by atoms with Gasteiger partial charge in [-0.25, -0.2) is 15.0 Å². The van der Waals surface area contributed by atoms with Gasteiger partial charge in [0.1, 0.15) is 11.2 Å². The molecule has 0 bridgehead atoms. The minimum atomic E-state index is 0.532. The monoisotopic (exact) mass is 864 g/mol. The first-order valence-electron chi connectivity index (χ1n) is 23.1. The molecule has 5 nitrogen and oxygen atoms in total. The first kappa shape index (κ1) is 37.1. The Labute approximate surface area is 388 Å². The highest BCUT2D eigenvalue weighted by atomic mass is 16.3. The third-order valence-corrected chi connectivity index (χ3v) is 14.1. The highest BCUT2D eigenvalue weighted by Crippen LogP contribution is 2.43. The molecule has 0 atom stereocenters. The van der Waals surface area contributed by atoms with Crippen LogP contribution in [0.2, 0.25) is 0 Å². The lowest BCUT2D eigenvalue weighted by atomic mass is 9.99. The number of rotatable bonds is 4. The molecule has 12 aromatic carbocycles. The van der Waals surface area contributed by atoms with Crippen molar-refractivity contribution in [2.24, 2.45) is 0 Å². The average molecular weight is 865 g/mol. The van der Waals surface area contributed by atoms with Crippen LogP contribution in [0, 0.1) is 0 Å². The van der Waals surface area contributed by atoms with Gasteiger partial charge in [0.05, 0.1) is 16.6 Å². The van der Waals surface area contributed by atoms with Crippen LogP contribution in [-0.4, -0.2) is 19.5 Å². The normalized spacial score (nSPS) is 12.1. The van der Waals surface area contributed by atoms with Crippen molar-refractivity contribution in [3.63, 3.8) is 0 Å². The second kappa shape index (κ2) is 14.2. The molecule has 0 unspecified atom stereocenters. The number of nitrogens with zero attached hydrogens (tertiary/aromatic N) is 4. The van der Waals surface area contributed by atoms with Crippen LogP contribution in [-0.2, 0) is 0 Å². The summed E-state index contributed by atoms with van der Waals surface area (Å²) >= 11 is 0. The molecule has 0 saturated heterocycles. The fraction of sp³-hybridized carbons (Fsp3) is 0. The third-order valence-electron chi connectivity index (χ3n) is 14.1. The van der Waals surface area contributed by atoms with Gasteiger partial charge in [-0.3, -0.25) is 0 Å². The molecule has 15 aromatic rings. The maximum Gasteiger partial charge on any atom is 0.167 e. The van der Waals surface area contributed by atoms with Crippen LogP contribution in [0.4, 0.5) is 0 Å². The second-order valence-corrected chi connectivity index (χ2v) is 18.0. The Morgan fingerprint density at radius 3 is 1.29 bits per heavy atom. The fourth-order valence-electron chi connectivity index (χ4n) is 10.8. The highest BCUT2D eigenvalue weighted by molar-refractivity contribution is 6.18. The van der Waals surface area contributed by atoms with Crippen LogP contribution in [0.5, 0.6) is 0 Å². The molecule has 5 heteroatoms. The Bertz CT molecular complexity index is 4410. The zero-order valence-corrected chi connectivity index (χ0v) is 36.5. The van der Waals surface area contributed by atoms with Crippen molar-refractivity contribution in [3.8, 4) is 39.9 Å². The molecule has 0 saturated carbocycles. The summed E-state index contributed by atoms with van der Waals surface area (Å²) in [6.07, 6.45) is 0. The zero-order valence-electron chi connectivity index (χ0n) is 36.5. The van der Waals surface area contributed by atoms with Crippen molar-refractivity contribution in [2.75, 3.05) is 0 Å². The van der Waals surface area contributed by atoms with E-state index in [1.165, 1.54) is 64.6 Å². The lowest BCUT2D eigenvalue weighted by Gasteiger charge is -2.14. The molecule has 0 aliphatic rings. The first-order valence-corrected chi connectivity index (χ1v) is 23.1. The molecule has 15 rings (SSSR count). The van der Waals surface area contributed by atoms with Crippen molar-refractivity contribution >= 4 is 108 Å². The number of aromatic nitrogens is 4. The van der Waals surface area contributed by atoms with Crippen LogP contribution in [0.25, 0.3) is 148 Å². The van der Waals surface area contributed by atoms with Gasteiger partial charge in [0.15, 0.2) is 17.5 Å². The molecule has 0 fully saturated rings. The Morgan fingerprint density at radius 2 is 0.735 bits per heavy atom. The Morgan fingerprint density at radius 1 is 0.294 bits per heavy atom. The van der Waals surface area contributed by atoms with Crippen molar-refractivity contribution < 1.29 is 4.42 Å². The maximum absolute atomic E-state index is 6.88. The molecule has 0 N–H and O–H groups in total. The van der Waals surface area contributed by atoms with Gasteiger partial charge in [-0.1, -0.05) is 164 Å². The number of furan rings is 1. The van der Waals surface area contributed by atoms with Gasteiger partial charge in [-0.15, -0.1) is 0 Å². The summed E-state index contributed by atoms with van der Waals surface area (Å²) < 4.78 is 9.29. The van der Waals surface area contributed by atoms with E-state index < -0.39 is 0 Å². The van der Waals surface area contributed by atoms with E-state index in [9.17, 15) is 0 Å². The largest absolute Gasteiger partial charge is 0.455 e. The van der Waals surface area contributed by atoms with E-state index in [0.717, 1.165) is 66.1 Å². The van der Waals surface area contributed by atoms with Crippen LogP contribution in [0.1, 0.15) is 0 Å². The fourth-order valence-corrected chi connectivity index (χ4v) is 10.8. The molecule has 0 spiro atoms. The van der Waals surface area contributed by atoms with E-state index in [1.807, 2.05) is 12.1 Å². The summed E-state index contributed by atoms with van der Waals surface area (Å²) in [7, 11) is 0.